The molecule has 0 spiro atoms. The van der Waals surface area contributed by atoms with Crippen LogP contribution in [0.15, 0.2) is 26.0 Å². The van der Waals surface area contributed by atoms with E-state index < -0.39 is 0 Å². The molecular formula is C16H15Br2NO2S2. The minimum atomic E-state index is -0.0394. The molecule has 23 heavy (non-hydrogen) atoms. The Hall–Kier alpha value is -0.370. The molecule has 1 aromatic carbocycles. The van der Waals surface area contributed by atoms with Gasteiger partial charge in [-0.15, -0.1) is 0 Å². The summed E-state index contributed by atoms with van der Waals surface area (Å²) in [5.41, 5.74) is 0.593. The Morgan fingerprint density at radius 3 is 2.65 bits per heavy atom. The second kappa shape index (κ2) is 7.25. The number of nitrogens with zero attached hydrogens (tertiary/aromatic N) is 1. The molecule has 0 bridgehead atoms. The third-order valence-electron chi connectivity index (χ3n) is 4.11. The summed E-state index contributed by atoms with van der Waals surface area (Å²) < 4.78 is 2.04. The van der Waals surface area contributed by atoms with Crippen LogP contribution in [-0.4, -0.2) is 26.3 Å². The van der Waals surface area contributed by atoms with E-state index in [2.05, 4.69) is 31.9 Å². The summed E-state index contributed by atoms with van der Waals surface area (Å²) in [5.74, 6) is 0.0820. The van der Waals surface area contributed by atoms with Crippen LogP contribution in [0.3, 0.4) is 0 Å². The van der Waals surface area contributed by atoms with Crippen LogP contribution in [-0.2, 0) is 4.79 Å². The maximum Gasteiger partial charge on any atom is 0.266 e. The Balaban J connectivity index is 1.90. The van der Waals surface area contributed by atoms with E-state index in [1.807, 2.05) is 0 Å². The van der Waals surface area contributed by atoms with Gasteiger partial charge in [-0.05, 0) is 47.0 Å². The molecule has 1 aromatic rings. The molecule has 3 nitrogen and oxygen atoms in total. The molecule has 0 radical (unpaired) electrons. The van der Waals surface area contributed by atoms with E-state index in [0.29, 0.717) is 19.3 Å². The van der Waals surface area contributed by atoms with E-state index in [0.717, 1.165) is 30.2 Å². The predicted octanol–water partition coefficient (Wildman–Crippen LogP) is 5.45. The van der Waals surface area contributed by atoms with Crippen molar-refractivity contribution in [3.8, 4) is 5.75 Å². The van der Waals surface area contributed by atoms with Crippen LogP contribution in [0, 0.1) is 0 Å². The van der Waals surface area contributed by atoms with Crippen LogP contribution >= 0.6 is 55.8 Å². The largest absolute Gasteiger partial charge is 0.506 e. The number of carbonyl (C=O) groups excluding carboxylic acids is 1. The molecule has 7 heteroatoms. The highest BCUT2D eigenvalue weighted by Gasteiger charge is 2.37. The summed E-state index contributed by atoms with van der Waals surface area (Å²) in [5, 5.41) is 10.2. The summed E-state index contributed by atoms with van der Waals surface area (Å²) in [6.07, 6.45) is 7.30. The first-order valence-corrected chi connectivity index (χ1v) is 10.2. The van der Waals surface area contributed by atoms with Crippen molar-refractivity contribution in [2.24, 2.45) is 0 Å². The summed E-state index contributed by atoms with van der Waals surface area (Å²) in [4.78, 5) is 15.1. The monoisotopic (exact) mass is 475 g/mol. The lowest BCUT2D eigenvalue weighted by atomic mass is 9.94. The highest BCUT2D eigenvalue weighted by Crippen LogP contribution is 2.39. The second-order valence-corrected chi connectivity index (χ2v) is 9.11. The number of hydrogen-bond acceptors (Lipinski definition) is 4. The van der Waals surface area contributed by atoms with E-state index in [1.54, 1.807) is 23.1 Å². The lowest BCUT2D eigenvalue weighted by Gasteiger charge is -2.29. The third-order valence-corrected chi connectivity index (χ3v) is 6.50. The first-order chi connectivity index (χ1) is 11.0. The molecule has 1 saturated heterocycles. The first kappa shape index (κ1) is 17.5. The molecule has 1 aliphatic carbocycles. The first-order valence-electron chi connectivity index (χ1n) is 7.42. The fourth-order valence-corrected chi connectivity index (χ4v) is 5.62. The van der Waals surface area contributed by atoms with Gasteiger partial charge in [-0.25, -0.2) is 0 Å². The molecule has 2 aliphatic rings. The minimum Gasteiger partial charge on any atom is -0.506 e. The van der Waals surface area contributed by atoms with E-state index in [9.17, 15) is 9.90 Å². The van der Waals surface area contributed by atoms with Crippen LogP contribution < -0.4 is 0 Å². The molecule has 1 heterocycles. The molecule has 1 saturated carbocycles. The van der Waals surface area contributed by atoms with Crippen molar-refractivity contribution in [1.82, 2.24) is 4.90 Å². The zero-order valence-electron chi connectivity index (χ0n) is 12.2. The number of benzene rings is 1. The van der Waals surface area contributed by atoms with Gasteiger partial charge >= 0.3 is 0 Å². The van der Waals surface area contributed by atoms with Crippen molar-refractivity contribution in [3.63, 3.8) is 0 Å². The van der Waals surface area contributed by atoms with Gasteiger partial charge < -0.3 is 5.11 Å². The molecule has 0 atom stereocenters. The number of phenols is 1. The van der Waals surface area contributed by atoms with Gasteiger partial charge in [-0.3, -0.25) is 9.69 Å². The molecular weight excluding hydrogens is 462 g/mol. The summed E-state index contributed by atoms with van der Waals surface area (Å²) in [6, 6.07) is 3.78. The van der Waals surface area contributed by atoms with Gasteiger partial charge in [0.2, 0.25) is 0 Å². The molecule has 2 fully saturated rings. The Morgan fingerprint density at radius 2 is 1.96 bits per heavy atom. The van der Waals surface area contributed by atoms with Gasteiger partial charge in [0.05, 0.1) is 9.38 Å². The number of amides is 1. The van der Waals surface area contributed by atoms with Gasteiger partial charge in [0.15, 0.2) is 0 Å². The van der Waals surface area contributed by atoms with Crippen LogP contribution in [0.4, 0.5) is 0 Å². The maximum absolute atomic E-state index is 12.7. The highest BCUT2D eigenvalue weighted by atomic mass is 79.9. The SMILES string of the molecule is O=C1/C(=C\c2cc(Br)cc(Br)c2O)SC(=S)N1C1CCCCC1. The Kier molecular flexibility index (Phi) is 5.50. The average Bonchev–Trinajstić information content (AvgIpc) is 2.79. The van der Waals surface area contributed by atoms with Crippen molar-refractivity contribution >= 4 is 72.1 Å². The second-order valence-electron chi connectivity index (χ2n) is 5.67. The van der Waals surface area contributed by atoms with E-state index in [-0.39, 0.29) is 17.7 Å². The standard InChI is InChI=1S/C16H15Br2NO2S2/c17-10-6-9(14(20)12(18)8-10)7-13-15(21)19(16(22)23-13)11-4-2-1-3-5-11/h6-8,11,20H,1-5H2/b13-7+. The summed E-state index contributed by atoms with van der Waals surface area (Å²) in [6.45, 7) is 0. The molecule has 122 valence electrons. The summed E-state index contributed by atoms with van der Waals surface area (Å²) in [7, 11) is 0. The number of rotatable bonds is 2. The topological polar surface area (TPSA) is 40.5 Å². The molecule has 0 unspecified atom stereocenters. The van der Waals surface area contributed by atoms with Crippen LogP contribution in [0.1, 0.15) is 37.7 Å². The average molecular weight is 477 g/mol. The van der Waals surface area contributed by atoms with Gasteiger partial charge in [-0.1, -0.05) is 59.2 Å². The number of aromatic hydroxyl groups is 1. The van der Waals surface area contributed by atoms with E-state index in [1.165, 1.54) is 18.2 Å². The lowest BCUT2D eigenvalue weighted by molar-refractivity contribution is -0.124. The maximum atomic E-state index is 12.7. The van der Waals surface area contributed by atoms with Crippen molar-refractivity contribution in [2.45, 2.75) is 38.1 Å². The molecule has 0 aromatic heterocycles. The van der Waals surface area contributed by atoms with Crippen molar-refractivity contribution in [2.75, 3.05) is 0 Å². The lowest BCUT2D eigenvalue weighted by Crippen LogP contribution is -2.39. The predicted molar refractivity (Wildman–Crippen MR) is 105 cm³/mol. The fourth-order valence-electron chi connectivity index (χ4n) is 2.97. The normalized spacial score (nSPS) is 21.5. The van der Waals surface area contributed by atoms with Crippen molar-refractivity contribution in [1.29, 1.82) is 0 Å². The molecule has 1 amide bonds. The quantitative estimate of drug-likeness (QED) is 0.455. The molecule has 3 rings (SSSR count). The Labute approximate surface area is 161 Å². The molecule has 1 N–H and O–H groups in total. The van der Waals surface area contributed by atoms with Crippen LogP contribution in [0.2, 0.25) is 0 Å². The molecule has 1 aliphatic heterocycles. The van der Waals surface area contributed by atoms with E-state index in [4.69, 9.17) is 12.2 Å². The van der Waals surface area contributed by atoms with Gasteiger partial charge in [-0.2, -0.15) is 0 Å². The number of thiocarbonyl (C=S) groups is 1. The Morgan fingerprint density at radius 1 is 1.26 bits per heavy atom. The van der Waals surface area contributed by atoms with Crippen LogP contribution in [0.25, 0.3) is 6.08 Å². The third kappa shape index (κ3) is 3.67. The van der Waals surface area contributed by atoms with Gasteiger partial charge in [0.1, 0.15) is 10.1 Å². The Bertz CT molecular complexity index is 700. The number of halogens is 2. The zero-order chi connectivity index (χ0) is 16.6. The number of thioether (sulfide) groups is 1. The number of phenolic OH excluding ortho intramolecular Hbond substituents is 1. The summed E-state index contributed by atoms with van der Waals surface area (Å²) >= 11 is 13.5. The fraction of sp³-hybridized carbons (Fsp3) is 0.375. The number of carbonyl (C=O) groups is 1. The zero-order valence-corrected chi connectivity index (χ0v) is 17.0. The minimum absolute atomic E-state index is 0.0394. The highest BCUT2D eigenvalue weighted by molar-refractivity contribution is 9.11. The number of hydrogen-bond donors (Lipinski definition) is 1. The van der Waals surface area contributed by atoms with E-state index >= 15 is 0 Å². The van der Waals surface area contributed by atoms with Gasteiger partial charge in [0.25, 0.3) is 5.91 Å². The van der Waals surface area contributed by atoms with Crippen molar-refractivity contribution in [3.05, 3.63) is 31.5 Å². The smallest absolute Gasteiger partial charge is 0.266 e. The van der Waals surface area contributed by atoms with Crippen LogP contribution in [0.5, 0.6) is 5.75 Å². The van der Waals surface area contributed by atoms with Crippen molar-refractivity contribution < 1.29 is 9.90 Å². The van der Waals surface area contributed by atoms with Gasteiger partial charge in [0, 0.05) is 16.1 Å².